The van der Waals surface area contributed by atoms with Crippen molar-refractivity contribution in [2.75, 3.05) is 11.9 Å². The van der Waals surface area contributed by atoms with Crippen LogP contribution in [0.5, 0.6) is 0 Å². The van der Waals surface area contributed by atoms with E-state index in [1.807, 2.05) is 51.1 Å². The zero-order valence-electron chi connectivity index (χ0n) is 17.6. The Balaban J connectivity index is 1.58. The molecule has 0 aliphatic carbocycles. The summed E-state index contributed by atoms with van der Waals surface area (Å²) in [6.07, 6.45) is 1.40. The number of carbonyl (C=O) groups is 3. The second-order valence-electron chi connectivity index (χ2n) is 7.81. The summed E-state index contributed by atoms with van der Waals surface area (Å²) in [7, 11) is 0. The Kier molecular flexibility index (Phi) is 6.91. The maximum atomic E-state index is 12.8. The minimum atomic E-state index is -0.620. The zero-order chi connectivity index (χ0) is 22.4. The van der Waals surface area contributed by atoms with Gasteiger partial charge in [0, 0.05) is 12.1 Å². The first-order valence-corrected chi connectivity index (χ1v) is 10.5. The minimum absolute atomic E-state index is 0.170. The fraction of sp³-hybridized carbons (Fsp3) is 0.261. The first kappa shape index (κ1) is 22.3. The van der Waals surface area contributed by atoms with E-state index in [2.05, 4.69) is 5.32 Å². The number of hydrogen-bond donors (Lipinski definition) is 1. The van der Waals surface area contributed by atoms with Gasteiger partial charge in [0.05, 0.1) is 11.3 Å². The lowest BCUT2D eigenvalue weighted by Crippen LogP contribution is -2.46. The summed E-state index contributed by atoms with van der Waals surface area (Å²) in [5.41, 5.74) is 0.554. The van der Waals surface area contributed by atoms with E-state index in [1.165, 1.54) is 6.26 Å². The van der Waals surface area contributed by atoms with Gasteiger partial charge in [-0.15, -0.1) is 11.3 Å². The van der Waals surface area contributed by atoms with Gasteiger partial charge in [0.1, 0.15) is 4.88 Å². The Morgan fingerprint density at radius 1 is 1.03 bits per heavy atom. The molecule has 0 unspecified atom stereocenters. The van der Waals surface area contributed by atoms with Crippen LogP contribution < -0.4 is 5.32 Å². The van der Waals surface area contributed by atoms with Crippen molar-refractivity contribution in [1.82, 2.24) is 4.90 Å². The number of furan rings is 1. The Morgan fingerprint density at radius 2 is 1.77 bits per heavy atom. The largest absolute Gasteiger partial charge is 0.459 e. The molecule has 0 radical (unpaired) electrons. The second-order valence-corrected chi connectivity index (χ2v) is 8.89. The number of ether oxygens (including phenoxy) is 1. The molecule has 3 rings (SSSR count). The van der Waals surface area contributed by atoms with E-state index in [0.29, 0.717) is 11.5 Å². The predicted octanol–water partition coefficient (Wildman–Crippen LogP) is 4.58. The van der Waals surface area contributed by atoms with Crippen molar-refractivity contribution in [2.45, 2.75) is 32.9 Å². The fourth-order valence-corrected chi connectivity index (χ4v) is 3.63. The Labute approximate surface area is 184 Å². The number of nitrogens with one attached hydrogen (secondary N) is 1. The van der Waals surface area contributed by atoms with Gasteiger partial charge in [0.2, 0.25) is 0 Å². The first-order valence-electron chi connectivity index (χ1n) is 9.70. The van der Waals surface area contributed by atoms with Crippen molar-refractivity contribution in [2.24, 2.45) is 0 Å². The summed E-state index contributed by atoms with van der Waals surface area (Å²) in [6, 6.07) is 15.9. The van der Waals surface area contributed by atoms with E-state index in [4.69, 9.17) is 9.15 Å². The van der Waals surface area contributed by atoms with Gasteiger partial charge in [-0.3, -0.25) is 9.59 Å². The number of hydrogen-bond acceptors (Lipinski definition) is 6. The topological polar surface area (TPSA) is 88.9 Å². The minimum Gasteiger partial charge on any atom is -0.459 e. The van der Waals surface area contributed by atoms with Crippen LogP contribution in [0.4, 0.5) is 5.00 Å². The highest BCUT2D eigenvalue weighted by Crippen LogP contribution is 2.24. The van der Waals surface area contributed by atoms with Gasteiger partial charge in [-0.1, -0.05) is 30.3 Å². The lowest BCUT2D eigenvalue weighted by atomic mass is 10.0. The highest BCUT2D eigenvalue weighted by molar-refractivity contribution is 7.18. The first-order chi connectivity index (χ1) is 14.7. The van der Waals surface area contributed by atoms with E-state index in [0.717, 1.165) is 16.9 Å². The van der Waals surface area contributed by atoms with E-state index < -0.39 is 17.4 Å². The summed E-state index contributed by atoms with van der Waals surface area (Å²) in [4.78, 5) is 39.2. The van der Waals surface area contributed by atoms with Crippen molar-refractivity contribution in [3.8, 4) is 0 Å². The number of benzene rings is 1. The molecule has 1 N–H and O–H groups in total. The summed E-state index contributed by atoms with van der Waals surface area (Å²) in [6.45, 7) is 5.85. The molecule has 3 aromatic rings. The van der Waals surface area contributed by atoms with Crippen LogP contribution in [-0.4, -0.2) is 34.8 Å². The third kappa shape index (κ3) is 6.05. The third-order valence-corrected chi connectivity index (χ3v) is 5.39. The fourth-order valence-electron chi connectivity index (χ4n) is 2.84. The van der Waals surface area contributed by atoms with Crippen LogP contribution in [0.1, 0.15) is 46.6 Å². The van der Waals surface area contributed by atoms with Crippen LogP contribution in [0.25, 0.3) is 0 Å². The molecule has 0 aliphatic heterocycles. The number of carbonyl (C=O) groups excluding carboxylic acids is 3. The third-order valence-electron chi connectivity index (χ3n) is 4.41. The molecule has 162 valence electrons. The van der Waals surface area contributed by atoms with Gasteiger partial charge < -0.3 is 19.4 Å². The maximum Gasteiger partial charge on any atom is 0.348 e. The van der Waals surface area contributed by atoms with Gasteiger partial charge in [-0.05, 0) is 50.6 Å². The van der Waals surface area contributed by atoms with Gasteiger partial charge in [0.15, 0.2) is 12.4 Å². The SMILES string of the molecule is CC(C)(C)N(Cc1ccccc1)C(=O)COC(=O)c1ccc(NC(=O)c2ccco2)s1. The Bertz CT molecular complexity index is 1040. The van der Waals surface area contributed by atoms with Crippen LogP contribution in [0.3, 0.4) is 0 Å². The molecule has 8 heteroatoms. The summed E-state index contributed by atoms with van der Waals surface area (Å²) in [5, 5.41) is 3.13. The molecule has 2 aromatic heterocycles. The molecule has 0 fully saturated rings. The average molecular weight is 441 g/mol. The van der Waals surface area contributed by atoms with Gasteiger partial charge >= 0.3 is 5.97 Å². The van der Waals surface area contributed by atoms with Crippen molar-refractivity contribution >= 4 is 34.1 Å². The lowest BCUT2D eigenvalue weighted by molar-refractivity contribution is -0.140. The number of thiophene rings is 1. The zero-order valence-corrected chi connectivity index (χ0v) is 18.4. The molecule has 0 aliphatic rings. The second kappa shape index (κ2) is 9.61. The van der Waals surface area contributed by atoms with Crippen LogP contribution in [-0.2, 0) is 16.1 Å². The summed E-state index contributed by atoms with van der Waals surface area (Å²) in [5.74, 6) is -1.15. The highest BCUT2D eigenvalue weighted by Gasteiger charge is 2.27. The van der Waals surface area contributed by atoms with Gasteiger partial charge in [-0.2, -0.15) is 0 Å². The molecule has 0 atom stereocenters. The monoisotopic (exact) mass is 440 g/mol. The quantitative estimate of drug-likeness (QED) is 0.544. The number of anilines is 1. The standard InChI is InChI=1S/C23H24N2O5S/c1-23(2,3)25(14-16-8-5-4-6-9-16)20(26)15-30-22(28)18-11-12-19(31-18)24-21(27)17-10-7-13-29-17/h4-13H,14-15H2,1-3H3,(H,24,27). The van der Waals surface area contributed by atoms with E-state index in [-0.39, 0.29) is 23.2 Å². The van der Waals surface area contributed by atoms with Crippen molar-refractivity contribution in [3.63, 3.8) is 0 Å². The molecule has 0 saturated heterocycles. The molecular formula is C23H24N2O5S. The maximum absolute atomic E-state index is 12.8. The van der Waals surface area contributed by atoms with E-state index >= 15 is 0 Å². The Morgan fingerprint density at radius 3 is 2.42 bits per heavy atom. The van der Waals surface area contributed by atoms with Crippen LogP contribution in [0.15, 0.2) is 65.3 Å². The average Bonchev–Trinajstić information content (AvgIpc) is 3.42. The summed E-state index contributed by atoms with van der Waals surface area (Å²) < 4.78 is 10.3. The summed E-state index contributed by atoms with van der Waals surface area (Å²) >= 11 is 1.06. The smallest absolute Gasteiger partial charge is 0.348 e. The van der Waals surface area contributed by atoms with Crippen LogP contribution in [0.2, 0.25) is 0 Å². The lowest BCUT2D eigenvalue weighted by Gasteiger charge is -2.35. The molecule has 1 aromatic carbocycles. The number of esters is 1. The molecule has 2 heterocycles. The van der Waals surface area contributed by atoms with E-state index in [9.17, 15) is 14.4 Å². The van der Waals surface area contributed by atoms with Crippen molar-refractivity contribution in [3.05, 3.63) is 77.1 Å². The molecule has 2 amide bonds. The molecule has 7 nitrogen and oxygen atoms in total. The van der Waals surface area contributed by atoms with Crippen molar-refractivity contribution < 1.29 is 23.5 Å². The van der Waals surface area contributed by atoms with Crippen molar-refractivity contribution in [1.29, 1.82) is 0 Å². The molecule has 0 bridgehead atoms. The van der Waals surface area contributed by atoms with E-state index in [1.54, 1.807) is 29.2 Å². The van der Waals surface area contributed by atoms with Gasteiger partial charge in [-0.25, -0.2) is 4.79 Å². The van der Waals surface area contributed by atoms with Crippen LogP contribution in [0, 0.1) is 0 Å². The molecular weight excluding hydrogens is 416 g/mol. The Hall–Kier alpha value is -3.39. The van der Waals surface area contributed by atoms with Gasteiger partial charge in [0.25, 0.3) is 11.8 Å². The number of nitrogens with zero attached hydrogens (tertiary/aromatic N) is 1. The molecule has 0 spiro atoms. The van der Waals surface area contributed by atoms with Crippen LogP contribution >= 0.6 is 11.3 Å². The number of rotatable bonds is 7. The predicted molar refractivity (Wildman–Crippen MR) is 118 cm³/mol. The molecule has 0 saturated carbocycles. The molecule has 31 heavy (non-hydrogen) atoms. The highest BCUT2D eigenvalue weighted by atomic mass is 32.1. The number of amides is 2. The normalized spacial score (nSPS) is 11.1.